The highest BCUT2D eigenvalue weighted by atomic mass is 16.5. The second-order valence-electron chi connectivity index (χ2n) is 8.05. The molecule has 3 fully saturated rings. The average Bonchev–Trinajstić information content (AvgIpc) is 3.37. The minimum atomic E-state index is 0.0250. The summed E-state index contributed by atoms with van der Waals surface area (Å²) in [6, 6.07) is 6.45. The lowest BCUT2D eigenvalue weighted by Gasteiger charge is -2.25. The molecule has 3 atom stereocenters. The van der Waals surface area contributed by atoms with Gasteiger partial charge in [0.1, 0.15) is 0 Å². The number of carbonyl (C=O) groups is 1. The number of amides is 1. The first-order valence-corrected chi connectivity index (χ1v) is 9.90. The Balaban J connectivity index is 1.39. The maximum absolute atomic E-state index is 13.0. The molecule has 138 valence electrons. The van der Waals surface area contributed by atoms with Gasteiger partial charge in [-0.05, 0) is 43.2 Å². The number of rotatable bonds is 4. The van der Waals surface area contributed by atoms with E-state index in [1.54, 1.807) is 0 Å². The third-order valence-electron chi connectivity index (χ3n) is 6.43. The predicted octanol–water partition coefficient (Wildman–Crippen LogP) is 1.50. The Labute approximate surface area is 153 Å². The van der Waals surface area contributed by atoms with Gasteiger partial charge >= 0.3 is 11.7 Å². The van der Waals surface area contributed by atoms with Crippen molar-refractivity contribution < 1.29 is 13.9 Å². The quantitative estimate of drug-likeness (QED) is 0.817. The van der Waals surface area contributed by atoms with Crippen molar-refractivity contribution in [1.82, 2.24) is 15.2 Å². The summed E-state index contributed by atoms with van der Waals surface area (Å²) in [5.41, 5.74) is 2.18. The van der Waals surface area contributed by atoms with Crippen molar-refractivity contribution in [3.8, 4) is 0 Å². The number of ether oxygens (including phenoxy) is 1. The minimum Gasteiger partial charge on any atom is -0.379 e. The molecule has 2 bridgehead atoms. The molecule has 3 aliphatic rings. The molecule has 1 aliphatic heterocycles. The van der Waals surface area contributed by atoms with Gasteiger partial charge in [0.25, 0.3) is 0 Å². The lowest BCUT2D eigenvalue weighted by atomic mass is 9.95. The lowest BCUT2D eigenvalue weighted by Crippen LogP contribution is -2.42. The highest BCUT2D eigenvalue weighted by Gasteiger charge is 2.41. The molecule has 5 rings (SSSR count). The molecule has 0 spiro atoms. The van der Waals surface area contributed by atoms with Crippen molar-refractivity contribution in [1.29, 1.82) is 0 Å². The summed E-state index contributed by atoms with van der Waals surface area (Å²) in [5, 5.41) is 3.31. The molecule has 3 heterocycles. The first kappa shape index (κ1) is 16.3. The van der Waals surface area contributed by atoms with Crippen molar-refractivity contribution in [3.63, 3.8) is 0 Å². The van der Waals surface area contributed by atoms with Crippen molar-refractivity contribution in [2.24, 2.45) is 11.8 Å². The average molecular weight is 355 g/mol. The van der Waals surface area contributed by atoms with Gasteiger partial charge in [0.05, 0.1) is 26.0 Å². The molecule has 2 aromatic rings. The van der Waals surface area contributed by atoms with Gasteiger partial charge in [0.15, 0.2) is 11.2 Å². The highest BCUT2D eigenvalue weighted by molar-refractivity contribution is 5.90. The molecular weight excluding hydrogens is 328 g/mol. The number of aromatic amines is 1. The van der Waals surface area contributed by atoms with E-state index in [-0.39, 0.29) is 5.91 Å². The van der Waals surface area contributed by atoms with Crippen LogP contribution in [0.1, 0.15) is 42.0 Å². The third kappa shape index (κ3) is 2.91. The van der Waals surface area contributed by atoms with Crippen LogP contribution < -0.4 is 9.72 Å². The van der Waals surface area contributed by atoms with Crippen molar-refractivity contribution in [3.05, 3.63) is 35.9 Å². The number of nitrogens with zero attached hydrogens (tertiary/aromatic N) is 2. The van der Waals surface area contributed by atoms with Crippen LogP contribution in [0.2, 0.25) is 0 Å². The SMILES string of the molecule is O=C(NC1CC2CCC1C2)c1[nH]c(CN2CCOCC2)c2cccc[n+]12. The first-order chi connectivity index (χ1) is 12.8. The van der Waals surface area contributed by atoms with Crippen LogP contribution >= 0.6 is 0 Å². The van der Waals surface area contributed by atoms with Crippen LogP contribution in [0.3, 0.4) is 0 Å². The van der Waals surface area contributed by atoms with E-state index >= 15 is 0 Å². The zero-order valence-electron chi connectivity index (χ0n) is 15.1. The summed E-state index contributed by atoms with van der Waals surface area (Å²) in [4.78, 5) is 18.8. The number of carbonyl (C=O) groups excluding carboxylic acids is 1. The number of nitrogens with one attached hydrogen (secondary N) is 2. The van der Waals surface area contributed by atoms with E-state index in [1.807, 2.05) is 22.7 Å². The second kappa shape index (κ2) is 6.67. The molecule has 0 aromatic carbocycles. The Morgan fingerprint density at radius 1 is 1.27 bits per heavy atom. The number of H-pyrrole nitrogens is 1. The topological polar surface area (TPSA) is 61.5 Å². The fourth-order valence-electron chi connectivity index (χ4n) is 5.08. The first-order valence-electron chi connectivity index (χ1n) is 9.90. The number of hydrogen-bond donors (Lipinski definition) is 2. The highest BCUT2D eigenvalue weighted by Crippen LogP contribution is 2.44. The summed E-state index contributed by atoms with van der Waals surface area (Å²) in [7, 11) is 0. The summed E-state index contributed by atoms with van der Waals surface area (Å²) < 4.78 is 7.44. The van der Waals surface area contributed by atoms with Gasteiger partial charge in [-0.1, -0.05) is 12.5 Å². The van der Waals surface area contributed by atoms with Gasteiger partial charge in [0.2, 0.25) is 0 Å². The maximum atomic E-state index is 13.0. The van der Waals surface area contributed by atoms with Crippen LogP contribution in [0, 0.1) is 11.8 Å². The predicted molar refractivity (Wildman–Crippen MR) is 96.8 cm³/mol. The third-order valence-corrected chi connectivity index (χ3v) is 6.43. The van der Waals surface area contributed by atoms with Crippen LogP contribution in [0.15, 0.2) is 24.4 Å². The normalized spacial score (nSPS) is 28.7. The number of pyridine rings is 1. The Morgan fingerprint density at radius 2 is 2.15 bits per heavy atom. The van der Waals surface area contributed by atoms with Crippen molar-refractivity contribution >= 4 is 11.4 Å². The molecule has 1 saturated heterocycles. The zero-order chi connectivity index (χ0) is 17.5. The maximum Gasteiger partial charge on any atom is 0.351 e. The fraction of sp³-hybridized carbons (Fsp3) is 0.600. The van der Waals surface area contributed by atoms with Gasteiger partial charge < -0.3 is 10.1 Å². The molecule has 26 heavy (non-hydrogen) atoms. The molecule has 3 unspecified atom stereocenters. The van der Waals surface area contributed by atoms with Crippen molar-refractivity contribution in [2.75, 3.05) is 26.3 Å². The van der Waals surface area contributed by atoms with E-state index in [0.717, 1.165) is 56.4 Å². The van der Waals surface area contributed by atoms with Gasteiger partial charge in [-0.25, -0.2) is 4.98 Å². The molecule has 2 aliphatic carbocycles. The number of fused-ring (bicyclic) bond motifs is 3. The van der Waals surface area contributed by atoms with Gasteiger partial charge in [-0.15, -0.1) is 0 Å². The minimum absolute atomic E-state index is 0.0250. The molecule has 1 amide bonds. The molecule has 0 radical (unpaired) electrons. The molecule has 2 N–H and O–H groups in total. The van der Waals surface area contributed by atoms with E-state index in [9.17, 15) is 4.79 Å². The Bertz CT molecular complexity index is 811. The Kier molecular flexibility index (Phi) is 4.17. The van der Waals surface area contributed by atoms with Crippen LogP contribution in [-0.4, -0.2) is 48.1 Å². The van der Waals surface area contributed by atoms with E-state index in [1.165, 1.54) is 19.3 Å². The van der Waals surface area contributed by atoms with Crippen LogP contribution in [0.4, 0.5) is 0 Å². The van der Waals surface area contributed by atoms with E-state index in [2.05, 4.69) is 21.3 Å². The monoisotopic (exact) mass is 355 g/mol. The van der Waals surface area contributed by atoms with Crippen molar-refractivity contribution in [2.45, 2.75) is 38.3 Å². The van der Waals surface area contributed by atoms with E-state index in [0.29, 0.717) is 17.8 Å². The molecule has 2 aromatic heterocycles. The standard InChI is InChI=1S/C20H26N4O2/c25-20(22-16-12-14-4-5-15(16)11-14)19-21-17(13-23-7-9-26-10-8-23)18-3-1-2-6-24(18)19/h1-3,6,14-16H,4-5,7-13H2,(H,22,25)/p+1. The molecule has 2 saturated carbocycles. The van der Waals surface area contributed by atoms with Gasteiger partial charge in [-0.3, -0.25) is 9.69 Å². The summed E-state index contributed by atoms with van der Waals surface area (Å²) >= 11 is 0. The number of imidazole rings is 1. The van der Waals surface area contributed by atoms with Crippen LogP contribution in [0.25, 0.3) is 5.52 Å². The number of hydrogen-bond acceptors (Lipinski definition) is 3. The smallest absolute Gasteiger partial charge is 0.351 e. The largest absolute Gasteiger partial charge is 0.379 e. The van der Waals surface area contributed by atoms with Crippen LogP contribution in [0.5, 0.6) is 0 Å². The van der Waals surface area contributed by atoms with Gasteiger partial charge in [-0.2, -0.15) is 4.40 Å². The summed E-state index contributed by atoms with van der Waals surface area (Å²) in [6.07, 6.45) is 7.05. The fourth-order valence-corrected chi connectivity index (χ4v) is 5.08. The number of aromatic nitrogens is 2. The lowest BCUT2D eigenvalue weighted by molar-refractivity contribution is -0.514. The second-order valence-corrected chi connectivity index (χ2v) is 8.05. The van der Waals surface area contributed by atoms with Crippen LogP contribution in [-0.2, 0) is 11.3 Å². The zero-order valence-corrected chi connectivity index (χ0v) is 15.1. The summed E-state index contributed by atoms with van der Waals surface area (Å²) in [6.45, 7) is 4.25. The van der Waals surface area contributed by atoms with Gasteiger partial charge in [0, 0.05) is 19.1 Å². The molecule has 6 nitrogen and oxygen atoms in total. The molecular formula is C20H27N4O2+. The Hall–Kier alpha value is -1.92. The summed E-state index contributed by atoms with van der Waals surface area (Å²) in [5.74, 6) is 2.18. The molecule has 6 heteroatoms. The number of morpholine rings is 1. The van der Waals surface area contributed by atoms with E-state index in [4.69, 9.17) is 4.74 Å². The van der Waals surface area contributed by atoms with E-state index < -0.39 is 0 Å². The Morgan fingerprint density at radius 3 is 2.92 bits per heavy atom.